The van der Waals surface area contributed by atoms with Crippen LogP contribution in [0.5, 0.6) is 0 Å². The fourth-order valence-corrected chi connectivity index (χ4v) is 2.56. The third-order valence-corrected chi connectivity index (χ3v) is 3.50. The van der Waals surface area contributed by atoms with Crippen molar-refractivity contribution in [2.75, 3.05) is 26.2 Å². The van der Waals surface area contributed by atoms with Crippen molar-refractivity contribution in [2.24, 2.45) is 5.41 Å². The summed E-state index contributed by atoms with van der Waals surface area (Å²) in [6.45, 7) is 4.75. The molecule has 2 N–H and O–H groups in total. The first-order chi connectivity index (χ1) is 7.64. The zero-order valence-electron chi connectivity index (χ0n) is 10.1. The van der Waals surface area contributed by atoms with Crippen LogP contribution >= 0.6 is 0 Å². The highest BCUT2D eigenvalue weighted by atomic mass is 16.4. The normalized spacial score (nSPS) is 26.1. The maximum absolute atomic E-state index is 11.3. The Morgan fingerprint density at radius 1 is 1.44 bits per heavy atom. The van der Waals surface area contributed by atoms with Crippen molar-refractivity contribution >= 4 is 5.97 Å². The number of likely N-dealkylation sites (tertiary alicyclic amines) is 1. The highest BCUT2D eigenvalue weighted by Crippen LogP contribution is 2.35. The van der Waals surface area contributed by atoms with Crippen LogP contribution in [0.15, 0.2) is 0 Å². The van der Waals surface area contributed by atoms with Crippen LogP contribution in [0, 0.1) is 5.41 Å². The first-order valence-electron chi connectivity index (χ1n) is 6.21. The topological polar surface area (TPSA) is 60.8 Å². The summed E-state index contributed by atoms with van der Waals surface area (Å²) >= 11 is 0. The van der Waals surface area contributed by atoms with Crippen LogP contribution in [0.4, 0.5) is 0 Å². The lowest BCUT2D eigenvalue weighted by Crippen LogP contribution is -2.34. The van der Waals surface area contributed by atoms with E-state index in [-0.39, 0.29) is 6.61 Å². The molecule has 0 aromatic heterocycles. The Morgan fingerprint density at radius 2 is 2.19 bits per heavy atom. The quantitative estimate of drug-likeness (QED) is 0.647. The number of carbonyl (C=O) groups is 1. The van der Waals surface area contributed by atoms with Gasteiger partial charge in [-0.15, -0.1) is 0 Å². The SMILES string of the molecule is CCCC1(C(=O)O)CCN(CCCCO)C1. The number of aliphatic carboxylic acids is 1. The molecule has 16 heavy (non-hydrogen) atoms. The van der Waals surface area contributed by atoms with Gasteiger partial charge in [-0.25, -0.2) is 0 Å². The predicted octanol–water partition coefficient (Wildman–Crippen LogP) is 1.34. The van der Waals surface area contributed by atoms with Crippen molar-refractivity contribution in [3.63, 3.8) is 0 Å². The van der Waals surface area contributed by atoms with Crippen molar-refractivity contribution < 1.29 is 15.0 Å². The van der Waals surface area contributed by atoms with Crippen molar-refractivity contribution in [1.82, 2.24) is 4.90 Å². The van der Waals surface area contributed by atoms with Crippen molar-refractivity contribution in [3.05, 3.63) is 0 Å². The van der Waals surface area contributed by atoms with Gasteiger partial charge in [0, 0.05) is 13.2 Å². The Hall–Kier alpha value is -0.610. The van der Waals surface area contributed by atoms with Gasteiger partial charge in [-0.2, -0.15) is 0 Å². The van der Waals surface area contributed by atoms with Gasteiger partial charge in [0.2, 0.25) is 0 Å². The van der Waals surface area contributed by atoms with E-state index < -0.39 is 11.4 Å². The maximum Gasteiger partial charge on any atom is 0.310 e. The molecule has 4 nitrogen and oxygen atoms in total. The zero-order valence-corrected chi connectivity index (χ0v) is 10.1. The van der Waals surface area contributed by atoms with Gasteiger partial charge < -0.3 is 15.1 Å². The smallest absolute Gasteiger partial charge is 0.310 e. The van der Waals surface area contributed by atoms with E-state index in [0.717, 1.165) is 45.2 Å². The summed E-state index contributed by atoms with van der Waals surface area (Å²) in [6, 6.07) is 0. The molecule has 0 radical (unpaired) electrons. The summed E-state index contributed by atoms with van der Waals surface area (Å²) in [5, 5.41) is 18.0. The number of aliphatic hydroxyl groups excluding tert-OH is 1. The average molecular weight is 229 g/mol. The van der Waals surface area contributed by atoms with E-state index in [1.54, 1.807) is 0 Å². The van der Waals surface area contributed by atoms with Crippen LogP contribution in [0.1, 0.15) is 39.0 Å². The Balaban J connectivity index is 2.43. The number of nitrogens with zero attached hydrogens (tertiary/aromatic N) is 1. The van der Waals surface area contributed by atoms with Crippen LogP contribution in [-0.2, 0) is 4.79 Å². The molecular formula is C12H23NO3. The summed E-state index contributed by atoms with van der Waals surface area (Å²) in [7, 11) is 0. The number of unbranched alkanes of at least 4 members (excludes halogenated alkanes) is 1. The van der Waals surface area contributed by atoms with E-state index >= 15 is 0 Å². The van der Waals surface area contributed by atoms with Crippen LogP contribution in [0.25, 0.3) is 0 Å². The molecule has 0 saturated carbocycles. The molecule has 0 aromatic rings. The molecule has 4 heteroatoms. The number of hydrogen-bond acceptors (Lipinski definition) is 3. The minimum atomic E-state index is -0.640. The van der Waals surface area contributed by atoms with Gasteiger partial charge in [0.05, 0.1) is 5.41 Å². The molecule has 1 heterocycles. The molecule has 1 atom stereocenters. The maximum atomic E-state index is 11.3. The molecule has 0 aliphatic carbocycles. The van der Waals surface area contributed by atoms with Gasteiger partial charge >= 0.3 is 5.97 Å². The Labute approximate surface area is 97.3 Å². The first-order valence-corrected chi connectivity index (χ1v) is 6.21. The van der Waals surface area contributed by atoms with Gasteiger partial charge in [0.1, 0.15) is 0 Å². The highest BCUT2D eigenvalue weighted by Gasteiger charge is 2.43. The fourth-order valence-electron chi connectivity index (χ4n) is 2.56. The van der Waals surface area contributed by atoms with Crippen LogP contribution < -0.4 is 0 Å². The van der Waals surface area contributed by atoms with Crippen LogP contribution in [0.3, 0.4) is 0 Å². The third kappa shape index (κ3) is 3.19. The first kappa shape index (κ1) is 13.5. The fraction of sp³-hybridized carbons (Fsp3) is 0.917. The van der Waals surface area contributed by atoms with Crippen molar-refractivity contribution in [2.45, 2.75) is 39.0 Å². The molecule has 1 aliphatic rings. The predicted molar refractivity (Wildman–Crippen MR) is 62.4 cm³/mol. The lowest BCUT2D eigenvalue weighted by atomic mass is 9.83. The van der Waals surface area contributed by atoms with Crippen molar-refractivity contribution in [3.8, 4) is 0 Å². The number of carboxylic acids is 1. The van der Waals surface area contributed by atoms with Crippen LogP contribution in [0.2, 0.25) is 0 Å². The third-order valence-electron chi connectivity index (χ3n) is 3.50. The molecular weight excluding hydrogens is 206 g/mol. The standard InChI is InChI=1S/C12H23NO3/c1-2-5-12(11(15)16)6-8-13(10-12)7-3-4-9-14/h14H,2-10H2,1H3,(H,15,16). The number of aliphatic hydroxyl groups is 1. The van der Waals surface area contributed by atoms with Gasteiger partial charge in [-0.3, -0.25) is 4.79 Å². The summed E-state index contributed by atoms with van der Waals surface area (Å²) in [4.78, 5) is 13.5. The molecule has 0 bridgehead atoms. The van der Waals surface area contributed by atoms with E-state index in [4.69, 9.17) is 5.11 Å². The molecule has 1 saturated heterocycles. The van der Waals surface area contributed by atoms with Gasteiger partial charge in [0.25, 0.3) is 0 Å². The summed E-state index contributed by atoms with van der Waals surface area (Å²) in [6.07, 6.45) is 4.24. The van der Waals surface area contributed by atoms with Gasteiger partial charge in [-0.1, -0.05) is 13.3 Å². The van der Waals surface area contributed by atoms with E-state index in [2.05, 4.69) is 4.90 Å². The Bertz CT molecular complexity index is 232. The molecule has 0 spiro atoms. The summed E-state index contributed by atoms with van der Waals surface area (Å²) in [5.74, 6) is -0.640. The van der Waals surface area contributed by atoms with E-state index in [1.807, 2.05) is 6.92 Å². The van der Waals surface area contributed by atoms with Gasteiger partial charge in [-0.05, 0) is 38.8 Å². The second-order valence-corrected chi connectivity index (χ2v) is 4.79. The molecule has 1 aliphatic heterocycles. The summed E-state index contributed by atoms with van der Waals surface area (Å²) in [5.41, 5.74) is -0.506. The molecule has 1 rings (SSSR count). The number of rotatable bonds is 7. The monoisotopic (exact) mass is 229 g/mol. The van der Waals surface area contributed by atoms with Crippen molar-refractivity contribution in [1.29, 1.82) is 0 Å². The van der Waals surface area contributed by atoms with Crippen LogP contribution in [-0.4, -0.2) is 47.3 Å². The molecule has 94 valence electrons. The van der Waals surface area contributed by atoms with E-state index in [0.29, 0.717) is 6.54 Å². The minimum Gasteiger partial charge on any atom is -0.481 e. The van der Waals surface area contributed by atoms with E-state index in [9.17, 15) is 9.90 Å². The molecule has 1 unspecified atom stereocenters. The highest BCUT2D eigenvalue weighted by molar-refractivity contribution is 5.75. The second-order valence-electron chi connectivity index (χ2n) is 4.79. The average Bonchev–Trinajstić information content (AvgIpc) is 2.64. The minimum absolute atomic E-state index is 0.229. The Morgan fingerprint density at radius 3 is 2.75 bits per heavy atom. The molecule has 0 amide bonds. The molecule has 1 fully saturated rings. The zero-order chi connectivity index (χ0) is 12.0. The van der Waals surface area contributed by atoms with E-state index in [1.165, 1.54) is 0 Å². The largest absolute Gasteiger partial charge is 0.481 e. The second kappa shape index (κ2) is 6.21. The lowest BCUT2D eigenvalue weighted by molar-refractivity contribution is -0.148. The lowest BCUT2D eigenvalue weighted by Gasteiger charge is -2.24. The molecule has 0 aromatic carbocycles. The number of hydrogen-bond donors (Lipinski definition) is 2. The number of carboxylic acid groups (broad SMARTS) is 1. The summed E-state index contributed by atoms with van der Waals surface area (Å²) < 4.78 is 0. The Kier molecular flexibility index (Phi) is 5.22. The van der Waals surface area contributed by atoms with Gasteiger partial charge in [0.15, 0.2) is 0 Å².